The monoisotopic (exact) mass is 389 g/mol. The number of nitrogens with one attached hydrogen (secondary N) is 6. The van der Waals surface area contributed by atoms with Crippen molar-refractivity contribution in [2.75, 3.05) is 41.3 Å². The number of amides is 4. The topological polar surface area (TPSA) is 219 Å². The first-order valence-corrected chi connectivity index (χ1v) is 8.19. The summed E-state index contributed by atoms with van der Waals surface area (Å²) in [4.78, 5) is 47.2. The minimum absolute atomic E-state index is 0.158. The van der Waals surface area contributed by atoms with E-state index in [1.165, 1.54) is 28.2 Å². The number of carbonyl (C=O) groups is 4. The lowest BCUT2D eigenvalue weighted by atomic mass is 10.1. The Morgan fingerprint density at radius 2 is 1.26 bits per heavy atom. The normalized spacial score (nSPS) is 12.9. The van der Waals surface area contributed by atoms with E-state index in [4.69, 9.17) is 17.2 Å². The first-order chi connectivity index (χ1) is 12.5. The number of likely N-dealkylation sites (N-methyl/N-ethyl adjacent to an activating group) is 4. The second-order valence-corrected chi connectivity index (χ2v) is 5.85. The Morgan fingerprint density at radius 1 is 0.815 bits per heavy atom. The van der Waals surface area contributed by atoms with Crippen molar-refractivity contribution in [3.8, 4) is 0 Å². The Kier molecular flexibility index (Phi) is 9.82. The standard InChI is InChI=1S/C14H31N9O4/c1-18-13(19-2,11(17)26)6-23-12(27)14(20-3,21-4)7-22-10(25)8(15)5-9(16)24/h8,18-21H,5-7,15H2,1-4H3,(H2,16,24)(H2,17,26)(H,22,25)(H,23,27)/t8-/m0/s1. The minimum Gasteiger partial charge on any atom is -0.370 e. The molecule has 0 aliphatic heterocycles. The van der Waals surface area contributed by atoms with Gasteiger partial charge in [-0.3, -0.25) is 40.4 Å². The number of hydrogen-bond donors (Lipinski definition) is 9. The molecule has 0 bridgehead atoms. The molecule has 13 heteroatoms. The molecule has 0 aliphatic rings. The summed E-state index contributed by atoms with van der Waals surface area (Å²) >= 11 is 0. The van der Waals surface area contributed by atoms with Gasteiger partial charge in [0, 0.05) is 0 Å². The van der Waals surface area contributed by atoms with Crippen LogP contribution in [0.25, 0.3) is 0 Å². The van der Waals surface area contributed by atoms with E-state index in [0.29, 0.717) is 0 Å². The Bertz CT molecular complexity index is 547. The van der Waals surface area contributed by atoms with Crippen LogP contribution in [0.3, 0.4) is 0 Å². The maximum absolute atomic E-state index is 12.7. The summed E-state index contributed by atoms with van der Waals surface area (Å²) in [5, 5.41) is 16.1. The van der Waals surface area contributed by atoms with Crippen molar-refractivity contribution in [1.82, 2.24) is 31.9 Å². The Labute approximate surface area is 157 Å². The third-order valence-electron chi connectivity index (χ3n) is 4.32. The van der Waals surface area contributed by atoms with Gasteiger partial charge in [-0.05, 0) is 28.2 Å². The second kappa shape index (κ2) is 10.7. The van der Waals surface area contributed by atoms with Crippen molar-refractivity contribution in [3.63, 3.8) is 0 Å². The lowest BCUT2D eigenvalue weighted by Crippen LogP contribution is -2.73. The molecule has 0 aromatic heterocycles. The molecule has 0 spiro atoms. The quantitative estimate of drug-likeness (QED) is 0.137. The van der Waals surface area contributed by atoms with E-state index < -0.39 is 41.0 Å². The number of rotatable bonds is 13. The van der Waals surface area contributed by atoms with Gasteiger partial charge in [-0.2, -0.15) is 0 Å². The van der Waals surface area contributed by atoms with Gasteiger partial charge < -0.3 is 27.8 Å². The van der Waals surface area contributed by atoms with Crippen LogP contribution < -0.4 is 49.1 Å². The average molecular weight is 389 g/mol. The van der Waals surface area contributed by atoms with E-state index >= 15 is 0 Å². The second-order valence-electron chi connectivity index (χ2n) is 5.85. The van der Waals surface area contributed by atoms with Crippen LogP contribution >= 0.6 is 0 Å². The molecule has 0 fully saturated rings. The molecule has 4 amide bonds. The van der Waals surface area contributed by atoms with Gasteiger partial charge in [0.1, 0.15) is 0 Å². The highest BCUT2D eigenvalue weighted by Crippen LogP contribution is 2.02. The fourth-order valence-electron chi connectivity index (χ4n) is 2.27. The zero-order valence-electron chi connectivity index (χ0n) is 16.1. The molecule has 0 saturated carbocycles. The van der Waals surface area contributed by atoms with E-state index in [0.717, 1.165) is 0 Å². The van der Waals surface area contributed by atoms with Crippen LogP contribution in [0, 0.1) is 0 Å². The molecule has 0 radical (unpaired) electrons. The zero-order valence-corrected chi connectivity index (χ0v) is 16.1. The van der Waals surface area contributed by atoms with E-state index in [2.05, 4.69) is 31.9 Å². The molecule has 156 valence electrons. The van der Waals surface area contributed by atoms with Crippen LogP contribution in [-0.2, 0) is 19.2 Å². The first-order valence-electron chi connectivity index (χ1n) is 8.19. The largest absolute Gasteiger partial charge is 0.370 e. The molecule has 13 nitrogen and oxygen atoms in total. The Hall–Kier alpha value is -2.32. The summed E-state index contributed by atoms with van der Waals surface area (Å²) in [6.45, 7) is -0.353. The third kappa shape index (κ3) is 6.41. The fraction of sp³-hybridized carbons (Fsp3) is 0.714. The smallest absolute Gasteiger partial charge is 0.257 e. The molecule has 0 heterocycles. The highest BCUT2D eigenvalue weighted by atomic mass is 16.2. The summed E-state index contributed by atoms with van der Waals surface area (Å²) in [5.74, 6) is -2.63. The maximum Gasteiger partial charge on any atom is 0.257 e. The highest BCUT2D eigenvalue weighted by Gasteiger charge is 2.39. The number of nitrogens with two attached hydrogens (primary N) is 3. The van der Waals surface area contributed by atoms with Gasteiger partial charge >= 0.3 is 0 Å². The Morgan fingerprint density at radius 3 is 1.63 bits per heavy atom. The van der Waals surface area contributed by atoms with E-state index in [1.54, 1.807) is 0 Å². The van der Waals surface area contributed by atoms with Gasteiger partial charge in [-0.25, -0.2) is 0 Å². The maximum atomic E-state index is 12.7. The molecule has 1 atom stereocenters. The third-order valence-corrected chi connectivity index (χ3v) is 4.32. The summed E-state index contributed by atoms with van der Waals surface area (Å²) in [7, 11) is 6.03. The molecule has 0 aromatic rings. The van der Waals surface area contributed by atoms with Gasteiger partial charge in [0.05, 0.1) is 25.6 Å². The van der Waals surface area contributed by atoms with E-state index in [9.17, 15) is 19.2 Å². The van der Waals surface area contributed by atoms with Crippen molar-refractivity contribution in [3.05, 3.63) is 0 Å². The first kappa shape index (κ1) is 24.7. The highest BCUT2D eigenvalue weighted by molar-refractivity contribution is 5.91. The number of primary amides is 2. The molecular weight excluding hydrogens is 358 g/mol. The average Bonchev–Trinajstić information content (AvgIpc) is 2.63. The van der Waals surface area contributed by atoms with Crippen molar-refractivity contribution >= 4 is 23.6 Å². The molecular formula is C14H31N9O4. The molecule has 0 aliphatic carbocycles. The van der Waals surface area contributed by atoms with Crippen LogP contribution in [0.5, 0.6) is 0 Å². The predicted molar refractivity (Wildman–Crippen MR) is 98.7 cm³/mol. The van der Waals surface area contributed by atoms with Crippen LogP contribution in [0.4, 0.5) is 0 Å². The van der Waals surface area contributed by atoms with E-state index in [1.807, 2.05) is 0 Å². The summed E-state index contributed by atoms with van der Waals surface area (Å²) in [5.41, 5.74) is 13.2. The van der Waals surface area contributed by atoms with E-state index in [-0.39, 0.29) is 19.5 Å². The Balaban J connectivity index is 5.12. The van der Waals surface area contributed by atoms with Crippen molar-refractivity contribution in [2.24, 2.45) is 17.2 Å². The summed E-state index contributed by atoms with van der Waals surface area (Å²) < 4.78 is 0. The predicted octanol–water partition coefficient (Wildman–Crippen LogP) is -5.82. The van der Waals surface area contributed by atoms with Crippen LogP contribution in [-0.4, -0.2) is 82.3 Å². The van der Waals surface area contributed by atoms with Gasteiger partial charge in [0.25, 0.3) is 11.8 Å². The lowest BCUT2D eigenvalue weighted by Gasteiger charge is -2.35. The molecule has 0 aromatic carbocycles. The zero-order chi connectivity index (χ0) is 21.3. The SMILES string of the molecule is CNC(CNC(=O)C(CNC(=O)[C@@H](N)CC(N)=O)(NC)NC)(NC)C(N)=O. The minimum atomic E-state index is -1.41. The van der Waals surface area contributed by atoms with Crippen molar-refractivity contribution in [1.29, 1.82) is 0 Å². The van der Waals surface area contributed by atoms with Gasteiger partial charge in [0.15, 0.2) is 11.3 Å². The lowest BCUT2D eigenvalue weighted by molar-refractivity contribution is -0.131. The molecule has 12 N–H and O–H groups in total. The van der Waals surface area contributed by atoms with Crippen LogP contribution in [0.1, 0.15) is 6.42 Å². The van der Waals surface area contributed by atoms with Gasteiger partial charge in [-0.1, -0.05) is 0 Å². The van der Waals surface area contributed by atoms with Crippen LogP contribution in [0.15, 0.2) is 0 Å². The van der Waals surface area contributed by atoms with Crippen LogP contribution in [0.2, 0.25) is 0 Å². The molecule has 0 saturated heterocycles. The fourth-order valence-corrected chi connectivity index (χ4v) is 2.27. The molecule has 0 rings (SSSR count). The van der Waals surface area contributed by atoms with Crippen molar-refractivity contribution in [2.45, 2.75) is 23.8 Å². The number of hydrogen-bond acceptors (Lipinski definition) is 9. The van der Waals surface area contributed by atoms with Crippen molar-refractivity contribution < 1.29 is 19.2 Å². The molecule has 27 heavy (non-hydrogen) atoms. The van der Waals surface area contributed by atoms with Gasteiger partial charge in [0.2, 0.25) is 11.8 Å². The van der Waals surface area contributed by atoms with Gasteiger partial charge in [-0.15, -0.1) is 0 Å². The summed E-state index contributed by atoms with van der Waals surface area (Å²) in [6, 6.07) is -1.13. The molecule has 0 unspecified atom stereocenters. The summed E-state index contributed by atoms with van der Waals surface area (Å²) in [6.07, 6.45) is -0.324. The number of carbonyl (C=O) groups excluding carboxylic acids is 4.